The van der Waals surface area contributed by atoms with Crippen molar-refractivity contribution >= 4 is 28.9 Å². The lowest BCUT2D eigenvalue weighted by molar-refractivity contribution is -0.138. The van der Waals surface area contributed by atoms with Crippen molar-refractivity contribution in [3.8, 4) is 0 Å². The number of hydrogen-bond donors (Lipinski definition) is 3. The van der Waals surface area contributed by atoms with Gasteiger partial charge in [0.05, 0.1) is 16.9 Å². The molecule has 0 bridgehead atoms. The van der Waals surface area contributed by atoms with Gasteiger partial charge in [0.2, 0.25) is 0 Å². The van der Waals surface area contributed by atoms with E-state index >= 15 is 0 Å². The average molecular weight is 647 g/mol. The largest absolute Gasteiger partial charge is 0.416 e. The van der Waals surface area contributed by atoms with Crippen LogP contribution in [-0.2, 0) is 19.1 Å². The van der Waals surface area contributed by atoms with Crippen LogP contribution < -0.4 is 16.4 Å². The number of fused-ring (bicyclic) bond motifs is 1. The van der Waals surface area contributed by atoms with E-state index in [9.17, 15) is 13.2 Å². The predicted octanol–water partition coefficient (Wildman–Crippen LogP) is 7.02. The molecule has 0 aliphatic heterocycles. The van der Waals surface area contributed by atoms with Gasteiger partial charge >= 0.3 is 6.18 Å². The number of benzene rings is 2. The van der Waals surface area contributed by atoms with Gasteiger partial charge in [-0.05, 0) is 87.1 Å². The van der Waals surface area contributed by atoms with E-state index in [4.69, 9.17) is 5.73 Å². The minimum absolute atomic E-state index is 0.202. The number of hydrogen-bond acceptors (Lipinski definition) is 7. The number of nitrogens with two attached hydrogens (primary N) is 1. The minimum Gasteiger partial charge on any atom is -0.403 e. The van der Waals surface area contributed by atoms with Crippen molar-refractivity contribution in [2.75, 3.05) is 50.9 Å². The lowest BCUT2D eigenvalue weighted by Gasteiger charge is -2.23. The molecule has 11 heteroatoms. The Labute approximate surface area is 275 Å². The number of halogens is 3. The van der Waals surface area contributed by atoms with Gasteiger partial charge in [-0.25, -0.2) is 4.98 Å². The Bertz CT molecular complexity index is 1740. The number of nitrogens with zero attached hydrogens (tertiary/aromatic N) is 5. The van der Waals surface area contributed by atoms with Crippen LogP contribution >= 0.6 is 0 Å². The van der Waals surface area contributed by atoms with Crippen LogP contribution in [0.4, 0.5) is 24.5 Å². The highest BCUT2D eigenvalue weighted by molar-refractivity contribution is 5.85. The molecule has 0 atom stereocenters. The normalized spacial score (nSPS) is 12.5. The molecule has 0 aliphatic carbocycles. The van der Waals surface area contributed by atoms with Crippen molar-refractivity contribution in [2.24, 2.45) is 10.7 Å². The molecule has 250 valence electrons. The SMILES string of the molecule is C=C(Nc1ccc(CN(C)CCN(C)CC)c(C(F)(F)F)c1)c1ccc(C)c(Cc2cnc3c(NC(C=NCC)=CN)cccn23)c1. The zero-order valence-corrected chi connectivity index (χ0v) is 27.8. The van der Waals surface area contributed by atoms with Gasteiger partial charge in [0.1, 0.15) is 0 Å². The Morgan fingerprint density at radius 2 is 1.81 bits per heavy atom. The first-order valence-corrected chi connectivity index (χ1v) is 15.7. The second-order valence-electron chi connectivity index (χ2n) is 11.7. The molecule has 4 rings (SSSR count). The number of likely N-dealkylation sites (N-methyl/N-ethyl adjacent to an activating group) is 2. The van der Waals surface area contributed by atoms with Crippen LogP contribution in [0.25, 0.3) is 11.3 Å². The third kappa shape index (κ3) is 9.24. The highest BCUT2D eigenvalue weighted by Crippen LogP contribution is 2.35. The van der Waals surface area contributed by atoms with Crippen molar-refractivity contribution < 1.29 is 13.2 Å². The molecule has 2 heterocycles. The topological polar surface area (TPSA) is 86.2 Å². The minimum atomic E-state index is -4.49. The molecule has 0 spiro atoms. The molecule has 0 unspecified atom stereocenters. The van der Waals surface area contributed by atoms with Crippen molar-refractivity contribution in [1.29, 1.82) is 0 Å². The van der Waals surface area contributed by atoms with Crippen LogP contribution in [0, 0.1) is 6.92 Å². The van der Waals surface area contributed by atoms with Crippen LogP contribution in [0.3, 0.4) is 0 Å². The summed E-state index contributed by atoms with van der Waals surface area (Å²) in [6, 6.07) is 14.2. The average Bonchev–Trinajstić information content (AvgIpc) is 3.46. The molecular weight excluding hydrogens is 601 g/mol. The summed E-state index contributed by atoms with van der Waals surface area (Å²) >= 11 is 0. The first-order valence-electron chi connectivity index (χ1n) is 15.7. The van der Waals surface area contributed by atoms with E-state index in [2.05, 4.69) is 39.0 Å². The van der Waals surface area contributed by atoms with Gasteiger partial charge in [-0.3, -0.25) is 4.99 Å². The van der Waals surface area contributed by atoms with Gasteiger partial charge in [-0.15, -0.1) is 0 Å². The number of rotatable bonds is 15. The third-order valence-electron chi connectivity index (χ3n) is 8.11. The zero-order valence-electron chi connectivity index (χ0n) is 27.8. The molecule has 0 saturated heterocycles. The third-order valence-corrected chi connectivity index (χ3v) is 8.11. The number of imidazole rings is 1. The number of allylic oxidation sites excluding steroid dienone is 1. The number of pyridine rings is 1. The fourth-order valence-corrected chi connectivity index (χ4v) is 5.17. The van der Waals surface area contributed by atoms with E-state index in [0.717, 1.165) is 46.8 Å². The van der Waals surface area contributed by atoms with Gasteiger partial charge in [0.15, 0.2) is 5.65 Å². The van der Waals surface area contributed by atoms with E-state index in [1.54, 1.807) is 18.3 Å². The summed E-state index contributed by atoms with van der Waals surface area (Å²) in [5.41, 5.74) is 12.3. The molecule has 2 aromatic carbocycles. The molecule has 0 saturated carbocycles. The van der Waals surface area contributed by atoms with Crippen LogP contribution in [-0.4, -0.2) is 65.7 Å². The summed E-state index contributed by atoms with van der Waals surface area (Å²) in [6.07, 6.45) is 3.05. The number of alkyl halides is 3. The smallest absolute Gasteiger partial charge is 0.403 e. The first-order chi connectivity index (χ1) is 22.4. The summed E-state index contributed by atoms with van der Waals surface area (Å²) in [4.78, 5) is 13.0. The standard InChI is InChI=1S/C36H45F3N8/c1-7-41-22-31(21-40)44-34-10-9-15-47-32(23-42-35(34)47)19-29-18-27(12-11-25(29)3)26(4)43-30-14-13-28(33(20-30)36(37,38)39)24-46(6)17-16-45(5)8-2/h9-15,18,20-23,43-44H,4,7-8,16-17,19,24,40H2,1-3,5-6H3. The Hall–Kier alpha value is -4.61. The maximum Gasteiger partial charge on any atom is 0.416 e. The molecule has 4 aromatic rings. The number of anilines is 2. The van der Waals surface area contributed by atoms with E-state index in [1.807, 2.05) is 80.0 Å². The quantitative estimate of drug-likeness (QED) is 0.120. The van der Waals surface area contributed by atoms with Crippen LogP contribution in [0.5, 0.6) is 0 Å². The molecule has 0 amide bonds. The monoisotopic (exact) mass is 646 g/mol. The highest BCUT2D eigenvalue weighted by atomic mass is 19.4. The molecule has 0 aliphatic rings. The molecule has 0 fully saturated rings. The molecule has 0 radical (unpaired) electrons. The number of aliphatic imine (C=N–C) groups is 1. The van der Waals surface area contributed by atoms with Gasteiger partial charge < -0.3 is 30.6 Å². The molecule has 2 aromatic heterocycles. The highest BCUT2D eigenvalue weighted by Gasteiger charge is 2.34. The first kappa shape index (κ1) is 35.2. The van der Waals surface area contributed by atoms with Gasteiger partial charge in [-0.1, -0.05) is 31.7 Å². The van der Waals surface area contributed by atoms with E-state index < -0.39 is 11.7 Å². The van der Waals surface area contributed by atoms with E-state index in [1.165, 1.54) is 12.3 Å². The fraction of sp³-hybridized carbons (Fsp3) is 0.333. The lowest BCUT2D eigenvalue weighted by atomic mass is 9.99. The number of aryl methyl sites for hydroxylation is 1. The Kier molecular flexibility index (Phi) is 11.8. The Morgan fingerprint density at radius 1 is 1.04 bits per heavy atom. The summed E-state index contributed by atoms with van der Waals surface area (Å²) < 4.78 is 44.5. The lowest BCUT2D eigenvalue weighted by Crippen LogP contribution is -2.31. The number of nitrogens with one attached hydrogen (secondary N) is 2. The van der Waals surface area contributed by atoms with Crippen molar-refractivity contribution in [2.45, 2.75) is 39.9 Å². The summed E-state index contributed by atoms with van der Waals surface area (Å²) in [5, 5.41) is 6.40. The van der Waals surface area contributed by atoms with Crippen molar-refractivity contribution in [1.82, 2.24) is 19.2 Å². The van der Waals surface area contributed by atoms with Gasteiger partial charge in [0, 0.05) is 74.5 Å². The van der Waals surface area contributed by atoms with E-state index in [-0.39, 0.29) is 12.1 Å². The fourth-order valence-electron chi connectivity index (χ4n) is 5.17. The predicted molar refractivity (Wildman–Crippen MR) is 188 cm³/mol. The van der Waals surface area contributed by atoms with Crippen LogP contribution in [0.15, 0.2) is 84.4 Å². The maximum atomic E-state index is 14.1. The van der Waals surface area contributed by atoms with Gasteiger partial charge in [0.25, 0.3) is 0 Å². The Morgan fingerprint density at radius 3 is 2.51 bits per heavy atom. The van der Waals surface area contributed by atoms with Crippen molar-refractivity contribution in [3.63, 3.8) is 0 Å². The summed E-state index contributed by atoms with van der Waals surface area (Å²) in [6.45, 7) is 13.4. The molecule has 4 N–H and O–H groups in total. The van der Waals surface area contributed by atoms with Crippen LogP contribution in [0.1, 0.15) is 47.4 Å². The maximum absolute atomic E-state index is 14.1. The number of aromatic nitrogens is 2. The summed E-state index contributed by atoms with van der Waals surface area (Å²) in [7, 11) is 3.84. The molecule has 8 nitrogen and oxygen atoms in total. The Balaban J connectivity index is 1.52. The zero-order chi connectivity index (χ0) is 34.1. The van der Waals surface area contributed by atoms with Gasteiger partial charge in [-0.2, -0.15) is 13.2 Å². The molecular formula is C36H45F3N8. The van der Waals surface area contributed by atoms with Crippen LogP contribution in [0.2, 0.25) is 0 Å². The molecule has 47 heavy (non-hydrogen) atoms. The van der Waals surface area contributed by atoms with Crippen molar-refractivity contribution in [3.05, 3.63) is 113 Å². The second-order valence-corrected chi connectivity index (χ2v) is 11.7. The second kappa shape index (κ2) is 15.8. The summed E-state index contributed by atoms with van der Waals surface area (Å²) in [5.74, 6) is 0. The van der Waals surface area contributed by atoms with E-state index in [0.29, 0.717) is 36.6 Å².